The fraction of sp³-hybridized carbons (Fsp3) is 0.111. The third kappa shape index (κ3) is 3.37. The van der Waals surface area contributed by atoms with Gasteiger partial charge < -0.3 is 18.0 Å². The van der Waals surface area contributed by atoms with Crippen molar-refractivity contribution in [3.63, 3.8) is 0 Å². The summed E-state index contributed by atoms with van der Waals surface area (Å²) in [6, 6.07) is 26.1. The minimum Gasteiger partial charge on any atom is -0.447 e. The Balaban J connectivity index is 1.46. The number of nitrogens with zero attached hydrogens (tertiary/aromatic N) is 6. The molecule has 44 heavy (non-hydrogen) atoms. The van der Waals surface area contributed by atoms with E-state index in [2.05, 4.69) is 10.9 Å². The van der Waals surface area contributed by atoms with Crippen LogP contribution < -0.4 is 10.7 Å². The summed E-state index contributed by atoms with van der Waals surface area (Å²) in [7, 11) is 3.85. The Labute approximate surface area is 250 Å². The van der Waals surface area contributed by atoms with Gasteiger partial charge in [-0.1, -0.05) is 60.7 Å². The van der Waals surface area contributed by atoms with Crippen molar-refractivity contribution in [2.45, 2.75) is 13.8 Å². The lowest BCUT2D eigenvalue weighted by Gasteiger charge is -2.04. The molecule has 210 valence electrons. The van der Waals surface area contributed by atoms with Crippen molar-refractivity contribution in [2.24, 2.45) is 14.1 Å². The molecule has 0 unspecified atom stereocenters. The maximum absolute atomic E-state index is 10.5. The number of hydrogen-bond acceptors (Lipinski definition) is 5. The molecule has 0 saturated heterocycles. The van der Waals surface area contributed by atoms with Gasteiger partial charge >= 0.3 is 0 Å². The standard InChI is InChI=1S/C36H24N6O2/c1-19-28-29(34(42(19)5)32(38-3)36-40-31-24-13-9-7-11-22(24)15-17-27(31)44-36)20(2)41(4)33(28)25(18-37)35-39-30-23-12-8-6-10-21(23)14-16-26(30)43-35/h6-17H,1-2,4-5H3/b33-25-,34-32+. The molecule has 8 heteroatoms. The van der Waals surface area contributed by atoms with E-state index < -0.39 is 0 Å². The van der Waals surface area contributed by atoms with Gasteiger partial charge in [0.15, 0.2) is 11.2 Å². The van der Waals surface area contributed by atoms with Crippen molar-refractivity contribution < 1.29 is 8.83 Å². The first-order valence-electron chi connectivity index (χ1n) is 14.1. The van der Waals surface area contributed by atoms with Crippen molar-refractivity contribution in [3.05, 3.63) is 118 Å². The predicted octanol–water partition coefficient (Wildman–Crippen LogP) is 6.52. The van der Waals surface area contributed by atoms with Crippen molar-refractivity contribution in [1.82, 2.24) is 19.1 Å². The van der Waals surface area contributed by atoms with Crippen LogP contribution in [-0.4, -0.2) is 19.1 Å². The number of aryl methyl sites for hydroxylation is 2. The third-order valence-corrected chi connectivity index (χ3v) is 8.79. The fourth-order valence-electron chi connectivity index (χ4n) is 6.45. The molecule has 0 radical (unpaired) electrons. The van der Waals surface area contributed by atoms with Crippen LogP contribution in [0.4, 0.5) is 0 Å². The second-order valence-electron chi connectivity index (χ2n) is 11.0. The van der Waals surface area contributed by atoms with E-state index in [0.29, 0.717) is 38.7 Å². The van der Waals surface area contributed by atoms with E-state index in [9.17, 15) is 5.26 Å². The monoisotopic (exact) mass is 572 g/mol. The van der Waals surface area contributed by atoms with Crippen molar-refractivity contribution in [1.29, 1.82) is 5.26 Å². The summed E-state index contributed by atoms with van der Waals surface area (Å²) in [6.45, 7) is 12.2. The Hall–Kier alpha value is -6.12. The summed E-state index contributed by atoms with van der Waals surface area (Å²) in [4.78, 5) is 13.6. The fourth-order valence-corrected chi connectivity index (χ4v) is 6.45. The van der Waals surface area contributed by atoms with Gasteiger partial charge in [-0.05, 0) is 36.8 Å². The van der Waals surface area contributed by atoms with Gasteiger partial charge in [0.1, 0.15) is 22.7 Å². The lowest BCUT2D eigenvalue weighted by Crippen LogP contribution is -2.21. The lowest BCUT2D eigenvalue weighted by molar-refractivity contribution is 0.584. The van der Waals surface area contributed by atoms with Crippen LogP contribution in [0.15, 0.2) is 81.6 Å². The van der Waals surface area contributed by atoms with E-state index in [4.69, 9.17) is 25.4 Å². The molecule has 4 heterocycles. The van der Waals surface area contributed by atoms with Crippen LogP contribution in [0.1, 0.15) is 23.2 Å². The first-order chi connectivity index (χ1) is 21.4. The van der Waals surface area contributed by atoms with Crippen LogP contribution in [-0.2, 0) is 14.1 Å². The van der Waals surface area contributed by atoms with Gasteiger partial charge in [0.2, 0.25) is 11.8 Å². The number of fused-ring (bicyclic) bond motifs is 7. The molecular formula is C36H24N6O2. The minimum atomic E-state index is 0.256. The molecule has 0 atom stereocenters. The molecule has 0 bridgehead atoms. The van der Waals surface area contributed by atoms with Crippen LogP contribution in [0.2, 0.25) is 0 Å². The zero-order valence-corrected chi connectivity index (χ0v) is 24.4. The number of benzene rings is 4. The second kappa shape index (κ2) is 9.19. The lowest BCUT2D eigenvalue weighted by atomic mass is 10.1. The normalized spacial score (nSPS) is 13.2. The molecule has 8 rings (SSSR count). The van der Waals surface area contributed by atoms with E-state index in [1.165, 1.54) is 0 Å². The summed E-state index contributed by atoms with van der Waals surface area (Å²) < 4.78 is 16.4. The Morgan fingerprint density at radius 3 is 1.80 bits per heavy atom. The van der Waals surface area contributed by atoms with Crippen molar-refractivity contribution >= 4 is 65.8 Å². The SMILES string of the molecule is [C-]#[N+]/C(c1nc2c(ccc3ccccc32)o1)=c1\c2c(C)n(C)/c(=C(/C#N)c3nc4c(ccc5ccccc54)o3)c2c(C)n1C. The Morgan fingerprint density at radius 1 is 0.727 bits per heavy atom. The molecule has 0 saturated carbocycles. The highest BCUT2D eigenvalue weighted by molar-refractivity contribution is 6.05. The number of aromatic nitrogens is 4. The molecule has 0 aliphatic carbocycles. The number of nitriles is 1. The topological polar surface area (TPSA) is 90.1 Å². The zero-order chi connectivity index (χ0) is 30.3. The first kappa shape index (κ1) is 25.6. The van der Waals surface area contributed by atoms with Gasteiger partial charge in [0, 0.05) is 47.0 Å². The number of oxazole rings is 2. The third-order valence-electron chi connectivity index (χ3n) is 8.79. The summed E-state index contributed by atoms with van der Waals surface area (Å²) in [5.74, 6) is 0.514. The van der Waals surface area contributed by atoms with Crippen LogP contribution >= 0.6 is 0 Å². The van der Waals surface area contributed by atoms with Crippen LogP contribution in [0.25, 0.3) is 70.6 Å². The van der Waals surface area contributed by atoms with E-state index in [0.717, 1.165) is 49.2 Å². The highest BCUT2D eigenvalue weighted by Crippen LogP contribution is 2.30. The summed E-state index contributed by atoms with van der Waals surface area (Å²) in [5.41, 5.74) is 5.08. The van der Waals surface area contributed by atoms with Gasteiger partial charge in [-0.3, -0.25) is 0 Å². The number of rotatable bonds is 2. The van der Waals surface area contributed by atoms with Gasteiger partial charge in [-0.2, -0.15) is 5.26 Å². The maximum atomic E-state index is 10.5. The largest absolute Gasteiger partial charge is 0.447 e. The Bertz CT molecular complexity index is 2550. The summed E-state index contributed by atoms with van der Waals surface area (Å²) in [5, 5.41) is 17.7. The molecule has 0 aliphatic rings. The molecule has 4 aromatic heterocycles. The Morgan fingerprint density at radius 2 is 1.23 bits per heavy atom. The van der Waals surface area contributed by atoms with Crippen LogP contribution in [0.5, 0.6) is 0 Å². The van der Waals surface area contributed by atoms with Gasteiger partial charge in [0.25, 0.3) is 5.70 Å². The quantitative estimate of drug-likeness (QED) is 0.220. The molecule has 0 fully saturated rings. The van der Waals surface area contributed by atoms with Crippen LogP contribution in [0.3, 0.4) is 0 Å². The predicted molar refractivity (Wildman–Crippen MR) is 171 cm³/mol. The van der Waals surface area contributed by atoms with Crippen molar-refractivity contribution in [2.75, 3.05) is 0 Å². The van der Waals surface area contributed by atoms with E-state index >= 15 is 0 Å². The molecular weight excluding hydrogens is 548 g/mol. The van der Waals surface area contributed by atoms with Crippen molar-refractivity contribution in [3.8, 4) is 6.07 Å². The van der Waals surface area contributed by atoms with Gasteiger partial charge in [0.05, 0.1) is 17.3 Å². The van der Waals surface area contributed by atoms with E-state index in [1.807, 2.05) is 110 Å². The van der Waals surface area contributed by atoms with E-state index in [-0.39, 0.29) is 11.8 Å². The smallest absolute Gasteiger partial charge is 0.271 e. The maximum Gasteiger partial charge on any atom is 0.271 e. The van der Waals surface area contributed by atoms with Gasteiger partial charge in [-0.15, -0.1) is 0 Å². The van der Waals surface area contributed by atoms with Gasteiger partial charge in [-0.25, -0.2) is 14.8 Å². The zero-order valence-electron chi connectivity index (χ0n) is 24.4. The minimum absolute atomic E-state index is 0.256. The molecule has 0 amide bonds. The first-order valence-corrected chi connectivity index (χ1v) is 14.1. The molecule has 0 aliphatic heterocycles. The van der Waals surface area contributed by atoms with E-state index in [1.54, 1.807) is 0 Å². The second-order valence-corrected chi connectivity index (χ2v) is 11.0. The van der Waals surface area contributed by atoms with Crippen LogP contribution in [0, 0.1) is 31.8 Å². The average molecular weight is 573 g/mol. The summed E-state index contributed by atoms with van der Waals surface area (Å²) >= 11 is 0. The highest BCUT2D eigenvalue weighted by Gasteiger charge is 2.25. The summed E-state index contributed by atoms with van der Waals surface area (Å²) in [6.07, 6.45) is 0. The molecule has 4 aromatic carbocycles. The molecule has 0 spiro atoms. The Kier molecular flexibility index (Phi) is 5.34. The molecule has 0 N–H and O–H groups in total. The molecule has 8 aromatic rings. The highest BCUT2D eigenvalue weighted by atomic mass is 16.4. The molecule has 8 nitrogen and oxygen atoms in total. The average Bonchev–Trinajstić information content (AvgIpc) is 3.79. The number of hydrogen-bond donors (Lipinski definition) is 0.